The van der Waals surface area contributed by atoms with E-state index in [1.807, 2.05) is 85.9 Å². The molecule has 1 N–H and O–H groups in total. The second-order valence-corrected chi connectivity index (χ2v) is 6.23. The van der Waals surface area contributed by atoms with Crippen LogP contribution in [0.15, 0.2) is 79.0 Å². The number of carbonyl (C=O) groups is 1. The normalized spacial score (nSPS) is 10.7. The number of aromatic nitrogens is 2. The number of hydrogen-bond acceptors (Lipinski definition) is 3. The van der Waals surface area contributed by atoms with Crippen LogP contribution in [0.25, 0.3) is 5.65 Å². The minimum absolute atomic E-state index is 0.191. The van der Waals surface area contributed by atoms with Gasteiger partial charge in [-0.2, -0.15) is 0 Å². The van der Waals surface area contributed by atoms with Crippen molar-refractivity contribution in [2.24, 2.45) is 0 Å². The average molecular weight is 357 g/mol. The second kappa shape index (κ2) is 7.33. The van der Waals surface area contributed by atoms with Gasteiger partial charge in [-0.15, -0.1) is 0 Å². The molecule has 0 atom stereocenters. The molecule has 0 spiro atoms. The number of benzene rings is 2. The van der Waals surface area contributed by atoms with Crippen molar-refractivity contribution >= 4 is 17.2 Å². The van der Waals surface area contributed by atoms with Crippen molar-refractivity contribution < 1.29 is 9.53 Å². The van der Waals surface area contributed by atoms with Crippen LogP contribution in [0.5, 0.6) is 5.75 Å². The van der Waals surface area contributed by atoms with Crippen LogP contribution in [0.4, 0.5) is 5.69 Å². The van der Waals surface area contributed by atoms with Crippen LogP contribution < -0.4 is 10.1 Å². The number of ether oxygens (including phenoxy) is 1. The Balaban J connectivity index is 1.45. The number of carbonyl (C=O) groups excluding carboxylic acids is 1. The van der Waals surface area contributed by atoms with Gasteiger partial charge >= 0.3 is 0 Å². The van der Waals surface area contributed by atoms with Gasteiger partial charge in [-0.3, -0.25) is 9.20 Å². The highest BCUT2D eigenvalue weighted by atomic mass is 16.5. The van der Waals surface area contributed by atoms with Crippen LogP contribution in [-0.2, 0) is 6.61 Å². The Hall–Kier alpha value is -3.60. The van der Waals surface area contributed by atoms with E-state index >= 15 is 0 Å². The highest BCUT2D eigenvalue weighted by Crippen LogP contribution is 2.19. The molecule has 134 valence electrons. The lowest BCUT2D eigenvalue weighted by atomic mass is 10.2. The van der Waals surface area contributed by atoms with Crippen molar-refractivity contribution in [2.75, 3.05) is 5.32 Å². The largest absolute Gasteiger partial charge is 0.489 e. The van der Waals surface area contributed by atoms with E-state index in [0.717, 1.165) is 17.0 Å². The van der Waals surface area contributed by atoms with Gasteiger partial charge in [0, 0.05) is 11.9 Å². The number of amides is 1. The number of hydrogen-bond donors (Lipinski definition) is 1. The standard InChI is InChI=1S/C22H19N3O2/c1-16-21(25-14-6-5-9-20(25)23-16)22(26)24-18-10-12-19(13-11-18)27-15-17-7-3-2-4-8-17/h2-14H,15H2,1H3,(H,24,26). The summed E-state index contributed by atoms with van der Waals surface area (Å²) in [5, 5.41) is 2.92. The third-order valence-electron chi connectivity index (χ3n) is 4.28. The molecule has 5 nitrogen and oxygen atoms in total. The molecule has 27 heavy (non-hydrogen) atoms. The summed E-state index contributed by atoms with van der Waals surface area (Å²) in [7, 11) is 0. The van der Waals surface area contributed by atoms with E-state index in [9.17, 15) is 4.79 Å². The minimum Gasteiger partial charge on any atom is -0.489 e. The molecule has 0 saturated carbocycles. The fraction of sp³-hybridized carbons (Fsp3) is 0.0909. The SMILES string of the molecule is Cc1nc2ccccn2c1C(=O)Nc1ccc(OCc2ccccc2)cc1. The van der Waals surface area contributed by atoms with Crippen molar-refractivity contribution in [3.05, 3.63) is 95.9 Å². The number of anilines is 1. The molecule has 0 fully saturated rings. The molecule has 4 rings (SSSR count). The first-order valence-corrected chi connectivity index (χ1v) is 8.72. The highest BCUT2D eigenvalue weighted by Gasteiger charge is 2.16. The van der Waals surface area contributed by atoms with Crippen LogP contribution in [-0.4, -0.2) is 15.3 Å². The minimum atomic E-state index is -0.191. The number of nitrogens with zero attached hydrogens (tertiary/aromatic N) is 2. The van der Waals surface area contributed by atoms with Gasteiger partial charge in [-0.1, -0.05) is 36.4 Å². The van der Waals surface area contributed by atoms with Crippen LogP contribution in [0.3, 0.4) is 0 Å². The van der Waals surface area contributed by atoms with Gasteiger partial charge in [-0.05, 0) is 48.9 Å². The van der Waals surface area contributed by atoms with Crippen LogP contribution in [0.2, 0.25) is 0 Å². The Labute approximate surface area is 157 Å². The van der Waals surface area contributed by atoms with Gasteiger partial charge in [0.05, 0.1) is 5.69 Å². The molecule has 0 bridgehead atoms. The number of pyridine rings is 1. The fourth-order valence-corrected chi connectivity index (χ4v) is 2.95. The number of rotatable bonds is 5. The van der Waals surface area contributed by atoms with Crippen LogP contribution in [0.1, 0.15) is 21.7 Å². The molecule has 2 aromatic carbocycles. The Bertz CT molecular complexity index is 1070. The predicted molar refractivity (Wildman–Crippen MR) is 105 cm³/mol. The number of imidazole rings is 1. The van der Waals surface area contributed by atoms with Crippen LogP contribution in [0, 0.1) is 6.92 Å². The number of fused-ring (bicyclic) bond motifs is 1. The van der Waals surface area contributed by atoms with Gasteiger partial charge < -0.3 is 10.1 Å². The first-order chi connectivity index (χ1) is 13.2. The van der Waals surface area contributed by atoms with Crippen molar-refractivity contribution in [2.45, 2.75) is 13.5 Å². The summed E-state index contributed by atoms with van der Waals surface area (Å²) in [4.78, 5) is 17.1. The third-order valence-corrected chi connectivity index (χ3v) is 4.28. The molecular formula is C22H19N3O2. The fourth-order valence-electron chi connectivity index (χ4n) is 2.95. The molecule has 0 aliphatic heterocycles. The Morgan fingerprint density at radius 2 is 1.74 bits per heavy atom. The second-order valence-electron chi connectivity index (χ2n) is 6.23. The van der Waals surface area contributed by atoms with E-state index in [-0.39, 0.29) is 5.91 Å². The molecule has 0 saturated heterocycles. The van der Waals surface area contributed by atoms with E-state index in [2.05, 4.69) is 10.3 Å². The van der Waals surface area contributed by atoms with Gasteiger partial charge in [0.25, 0.3) is 5.91 Å². The van der Waals surface area contributed by atoms with Gasteiger partial charge in [-0.25, -0.2) is 4.98 Å². The highest BCUT2D eigenvalue weighted by molar-refractivity contribution is 6.04. The van der Waals surface area contributed by atoms with Gasteiger partial charge in [0.15, 0.2) is 0 Å². The zero-order valence-electron chi connectivity index (χ0n) is 14.9. The Kier molecular flexibility index (Phi) is 4.58. The molecule has 0 aliphatic rings. The molecule has 0 radical (unpaired) electrons. The molecule has 4 aromatic rings. The first kappa shape index (κ1) is 16.8. The maximum Gasteiger partial charge on any atom is 0.274 e. The lowest BCUT2D eigenvalue weighted by Gasteiger charge is -2.09. The average Bonchev–Trinajstić information content (AvgIpc) is 3.04. The summed E-state index contributed by atoms with van der Waals surface area (Å²) in [6.45, 7) is 2.34. The Morgan fingerprint density at radius 1 is 1.00 bits per heavy atom. The quantitative estimate of drug-likeness (QED) is 0.573. The zero-order chi connectivity index (χ0) is 18.6. The first-order valence-electron chi connectivity index (χ1n) is 8.72. The third kappa shape index (κ3) is 3.67. The topological polar surface area (TPSA) is 55.6 Å². The summed E-state index contributed by atoms with van der Waals surface area (Å²) in [6.07, 6.45) is 1.84. The van der Waals surface area contributed by atoms with Crippen molar-refractivity contribution in [1.29, 1.82) is 0 Å². The van der Waals surface area contributed by atoms with Crippen molar-refractivity contribution in [1.82, 2.24) is 9.38 Å². The van der Waals surface area contributed by atoms with Gasteiger partial charge in [0.1, 0.15) is 23.7 Å². The van der Waals surface area contributed by atoms with E-state index < -0.39 is 0 Å². The lowest BCUT2D eigenvalue weighted by Crippen LogP contribution is -2.15. The summed E-state index contributed by atoms with van der Waals surface area (Å²) in [5.41, 5.74) is 3.80. The smallest absolute Gasteiger partial charge is 0.274 e. The zero-order valence-corrected chi connectivity index (χ0v) is 14.9. The maximum atomic E-state index is 12.7. The van der Waals surface area contributed by atoms with E-state index in [0.29, 0.717) is 23.7 Å². The summed E-state index contributed by atoms with van der Waals surface area (Å²) >= 11 is 0. The molecule has 0 aliphatic carbocycles. The van der Waals surface area contributed by atoms with Crippen molar-refractivity contribution in [3.8, 4) is 5.75 Å². The summed E-state index contributed by atoms with van der Waals surface area (Å²) in [5.74, 6) is 0.562. The molecule has 2 heterocycles. The monoisotopic (exact) mass is 357 g/mol. The van der Waals surface area contributed by atoms with E-state index in [1.54, 1.807) is 4.40 Å². The number of aryl methyl sites for hydroxylation is 1. The molecule has 0 unspecified atom stereocenters. The predicted octanol–water partition coefficient (Wildman–Crippen LogP) is 4.47. The molecule has 1 amide bonds. The summed E-state index contributed by atoms with van der Waals surface area (Å²) < 4.78 is 7.57. The summed E-state index contributed by atoms with van der Waals surface area (Å²) in [6, 6.07) is 23.0. The van der Waals surface area contributed by atoms with E-state index in [4.69, 9.17) is 4.74 Å². The van der Waals surface area contributed by atoms with E-state index in [1.165, 1.54) is 0 Å². The molecular weight excluding hydrogens is 338 g/mol. The Morgan fingerprint density at radius 3 is 2.52 bits per heavy atom. The molecule has 5 heteroatoms. The van der Waals surface area contributed by atoms with Gasteiger partial charge in [0.2, 0.25) is 0 Å². The van der Waals surface area contributed by atoms with Crippen LogP contribution >= 0.6 is 0 Å². The maximum absolute atomic E-state index is 12.7. The number of nitrogens with one attached hydrogen (secondary N) is 1. The molecule has 2 aromatic heterocycles. The van der Waals surface area contributed by atoms with Crippen molar-refractivity contribution in [3.63, 3.8) is 0 Å². The lowest BCUT2D eigenvalue weighted by molar-refractivity contribution is 0.102.